The Hall–Kier alpha value is -1.03. The molecule has 0 aliphatic carbocycles. The molecule has 1 aliphatic heterocycles. The molecule has 96 valence electrons. The van der Waals surface area contributed by atoms with E-state index in [9.17, 15) is 9.59 Å². The molecule has 1 rings (SSSR count). The lowest BCUT2D eigenvalue weighted by Crippen LogP contribution is -2.56. The fourth-order valence-electron chi connectivity index (χ4n) is 1.84. The molecule has 1 heterocycles. The molecule has 0 saturated carbocycles. The first-order valence-electron chi connectivity index (χ1n) is 5.48. The average Bonchev–Trinajstić information content (AvgIpc) is 2.14. The zero-order valence-electron chi connectivity index (χ0n) is 10.5. The molecule has 17 heavy (non-hydrogen) atoms. The number of carbonyl (C=O) groups excluding carboxylic acids is 2. The lowest BCUT2D eigenvalue weighted by molar-refractivity contribution is -0.254. The van der Waals surface area contributed by atoms with Crippen LogP contribution in [0.4, 0.5) is 0 Å². The van der Waals surface area contributed by atoms with Gasteiger partial charge in [-0.3, -0.25) is 9.59 Å². The van der Waals surface area contributed by atoms with Gasteiger partial charge in [0.1, 0.15) is 0 Å². The van der Waals surface area contributed by atoms with Crippen molar-refractivity contribution in [2.24, 2.45) is 11.3 Å². The summed E-state index contributed by atoms with van der Waals surface area (Å²) in [7, 11) is 0. The van der Waals surface area contributed by atoms with Crippen LogP contribution in [0.5, 0.6) is 0 Å². The van der Waals surface area contributed by atoms with E-state index in [1.807, 2.05) is 0 Å². The first kappa shape index (κ1) is 14.0. The standard InChI is InChI=1S/C12H17ClO4/c1-8(2)12(6-5-7-13)9(14)16-11(3,4)17-10(12)15/h5,7-8H,6H2,1-4H3/b7-5+. The number of allylic oxidation sites excluding steroid dienone is 1. The van der Waals surface area contributed by atoms with Crippen LogP contribution in [0.3, 0.4) is 0 Å². The highest BCUT2D eigenvalue weighted by molar-refractivity contribution is 6.25. The Balaban J connectivity index is 3.13. The number of esters is 2. The number of cyclic esters (lactones) is 2. The zero-order valence-corrected chi connectivity index (χ0v) is 11.2. The van der Waals surface area contributed by atoms with Gasteiger partial charge in [-0.2, -0.15) is 0 Å². The summed E-state index contributed by atoms with van der Waals surface area (Å²) < 4.78 is 10.3. The quantitative estimate of drug-likeness (QED) is 0.578. The summed E-state index contributed by atoms with van der Waals surface area (Å²) in [6.07, 6.45) is 1.74. The first-order chi connectivity index (χ1) is 7.76. The van der Waals surface area contributed by atoms with Crippen molar-refractivity contribution in [3.8, 4) is 0 Å². The zero-order chi connectivity index (χ0) is 13.3. The van der Waals surface area contributed by atoms with Gasteiger partial charge in [0, 0.05) is 19.4 Å². The van der Waals surface area contributed by atoms with Gasteiger partial charge in [0.15, 0.2) is 5.41 Å². The van der Waals surface area contributed by atoms with Crippen molar-refractivity contribution in [1.29, 1.82) is 0 Å². The second-order valence-corrected chi connectivity index (χ2v) is 5.12. The van der Waals surface area contributed by atoms with Crippen molar-refractivity contribution in [2.45, 2.75) is 39.9 Å². The minimum atomic E-state index is -1.29. The molecular weight excluding hydrogens is 244 g/mol. The van der Waals surface area contributed by atoms with Crippen molar-refractivity contribution < 1.29 is 19.1 Å². The van der Waals surface area contributed by atoms with Crippen LogP contribution < -0.4 is 0 Å². The minimum Gasteiger partial charge on any atom is -0.422 e. The van der Waals surface area contributed by atoms with E-state index in [0.29, 0.717) is 0 Å². The lowest BCUT2D eigenvalue weighted by Gasteiger charge is -2.41. The van der Waals surface area contributed by atoms with Crippen LogP contribution in [0.2, 0.25) is 0 Å². The average molecular weight is 261 g/mol. The van der Waals surface area contributed by atoms with E-state index in [1.165, 1.54) is 19.4 Å². The fraction of sp³-hybridized carbons (Fsp3) is 0.667. The molecule has 0 radical (unpaired) electrons. The van der Waals surface area contributed by atoms with Gasteiger partial charge in [0.2, 0.25) is 0 Å². The van der Waals surface area contributed by atoms with Gasteiger partial charge in [-0.25, -0.2) is 0 Å². The Kier molecular flexibility index (Phi) is 3.87. The third-order valence-corrected chi connectivity index (χ3v) is 3.10. The summed E-state index contributed by atoms with van der Waals surface area (Å²) in [4.78, 5) is 24.2. The lowest BCUT2D eigenvalue weighted by atomic mass is 9.73. The number of rotatable bonds is 3. The molecular formula is C12H17ClO4. The number of hydrogen-bond donors (Lipinski definition) is 0. The smallest absolute Gasteiger partial charge is 0.327 e. The molecule has 0 atom stereocenters. The van der Waals surface area contributed by atoms with Gasteiger partial charge in [0.05, 0.1) is 0 Å². The van der Waals surface area contributed by atoms with Crippen LogP contribution in [0, 0.1) is 11.3 Å². The number of hydrogen-bond acceptors (Lipinski definition) is 4. The Morgan fingerprint density at radius 2 is 1.71 bits per heavy atom. The molecule has 0 amide bonds. The summed E-state index contributed by atoms with van der Waals surface area (Å²) in [6, 6.07) is 0. The van der Waals surface area contributed by atoms with Crippen molar-refractivity contribution in [2.75, 3.05) is 0 Å². The van der Waals surface area contributed by atoms with Crippen LogP contribution >= 0.6 is 11.6 Å². The number of ether oxygens (including phenoxy) is 2. The maximum Gasteiger partial charge on any atom is 0.327 e. The molecule has 5 heteroatoms. The van der Waals surface area contributed by atoms with Crippen LogP contribution in [0.25, 0.3) is 0 Å². The maximum atomic E-state index is 12.1. The molecule has 0 unspecified atom stereocenters. The summed E-state index contributed by atoms with van der Waals surface area (Å²) >= 11 is 5.45. The van der Waals surface area contributed by atoms with E-state index in [4.69, 9.17) is 21.1 Å². The van der Waals surface area contributed by atoms with Gasteiger partial charge in [0.25, 0.3) is 5.79 Å². The van der Waals surface area contributed by atoms with Crippen LogP contribution in [-0.4, -0.2) is 17.7 Å². The van der Waals surface area contributed by atoms with E-state index < -0.39 is 23.1 Å². The Morgan fingerprint density at radius 1 is 1.24 bits per heavy atom. The molecule has 0 aromatic rings. The highest BCUT2D eigenvalue weighted by atomic mass is 35.5. The summed E-state index contributed by atoms with van der Waals surface area (Å²) in [5, 5.41) is 0. The molecule has 0 bridgehead atoms. The second-order valence-electron chi connectivity index (χ2n) is 4.87. The van der Waals surface area contributed by atoms with Crippen LogP contribution in [0.15, 0.2) is 11.6 Å². The van der Waals surface area contributed by atoms with Crippen LogP contribution in [0.1, 0.15) is 34.1 Å². The largest absolute Gasteiger partial charge is 0.422 e. The molecule has 0 N–H and O–H groups in total. The predicted molar refractivity (Wildman–Crippen MR) is 63.1 cm³/mol. The fourth-order valence-corrected chi connectivity index (χ4v) is 1.93. The van der Waals surface area contributed by atoms with Crippen molar-refractivity contribution in [3.05, 3.63) is 11.6 Å². The van der Waals surface area contributed by atoms with Crippen molar-refractivity contribution in [1.82, 2.24) is 0 Å². The molecule has 1 aliphatic rings. The van der Waals surface area contributed by atoms with Gasteiger partial charge in [-0.1, -0.05) is 31.5 Å². The summed E-state index contributed by atoms with van der Waals surface area (Å²) in [5.74, 6) is -2.53. The van der Waals surface area contributed by atoms with Crippen molar-refractivity contribution >= 4 is 23.5 Å². The third-order valence-electron chi connectivity index (χ3n) is 2.92. The maximum absolute atomic E-state index is 12.1. The Bertz CT molecular complexity index is 338. The third kappa shape index (κ3) is 2.46. The predicted octanol–water partition coefficient (Wildman–Crippen LogP) is 2.61. The summed E-state index contributed by atoms with van der Waals surface area (Å²) in [6.45, 7) is 6.63. The van der Waals surface area contributed by atoms with Gasteiger partial charge in [-0.15, -0.1) is 0 Å². The van der Waals surface area contributed by atoms with E-state index in [0.717, 1.165) is 0 Å². The van der Waals surface area contributed by atoms with Gasteiger partial charge >= 0.3 is 11.9 Å². The van der Waals surface area contributed by atoms with E-state index in [2.05, 4.69) is 0 Å². The summed E-state index contributed by atoms with van der Waals surface area (Å²) in [5.41, 5.74) is -0.00858. The van der Waals surface area contributed by atoms with Gasteiger partial charge < -0.3 is 9.47 Å². The molecule has 1 fully saturated rings. The van der Waals surface area contributed by atoms with E-state index in [-0.39, 0.29) is 12.3 Å². The highest BCUT2D eigenvalue weighted by Gasteiger charge is 2.57. The molecule has 0 aromatic carbocycles. The van der Waals surface area contributed by atoms with Crippen LogP contribution in [-0.2, 0) is 19.1 Å². The molecule has 1 saturated heterocycles. The Morgan fingerprint density at radius 3 is 2.06 bits per heavy atom. The normalized spacial score (nSPS) is 22.7. The Labute approximate surface area is 106 Å². The highest BCUT2D eigenvalue weighted by Crippen LogP contribution is 2.41. The van der Waals surface area contributed by atoms with Crippen molar-refractivity contribution in [3.63, 3.8) is 0 Å². The number of carbonyl (C=O) groups is 2. The van der Waals surface area contributed by atoms with E-state index in [1.54, 1.807) is 19.9 Å². The van der Waals surface area contributed by atoms with E-state index >= 15 is 0 Å². The second kappa shape index (κ2) is 4.69. The number of halogens is 1. The topological polar surface area (TPSA) is 52.6 Å². The first-order valence-corrected chi connectivity index (χ1v) is 5.92. The SMILES string of the molecule is CC(C)C1(C/C=C/Cl)C(=O)OC(C)(C)OC1=O. The molecule has 4 nitrogen and oxygen atoms in total. The van der Waals surface area contributed by atoms with Gasteiger partial charge in [-0.05, 0) is 12.3 Å². The molecule has 0 spiro atoms. The monoisotopic (exact) mass is 260 g/mol. The molecule has 0 aromatic heterocycles. The minimum absolute atomic E-state index is 0.182.